The van der Waals surface area contributed by atoms with E-state index in [1.54, 1.807) is 0 Å². The van der Waals surface area contributed by atoms with Crippen LogP contribution < -0.4 is 0 Å². The Bertz CT molecular complexity index is 2850. The summed E-state index contributed by atoms with van der Waals surface area (Å²) in [6, 6.07) is 48.8. The largest absolute Gasteiger partial charge is 0.456 e. The predicted octanol–water partition coefficient (Wildman–Crippen LogP) is 10.9. The average Bonchev–Trinajstić information content (AvgIpc) is 3.72. The van der Waals surface area contributed by atoms with Gasteiger partial charge in [-0.05, 0) is 47.5 Å². The molecule has 10 aromatic rings. The van der Waals surface area contributed by atoms with Crippen molar-refractivity contribution in [2.24, 2.45) is 0 Å². The molecule has 0 radical (unpaired) electrons. The molecule has 0 spiro atoms. The van der Waals surface area contributed by atoms with Crippen molar-refractivity contribution in [3.8, 4) is 45.3 Å². The van der Waals surface area contributed by atoms with E-state index in [0.29, 0.717) is 17.5 Å². The average molecular weight is 617 g/mol. The van der Waals surface area contributed by atoms with E-state index in [-0.39, 0.29) is 0 Å². The Morgan fingerprint density at radius 3 is 1.90 bits per heavy atom. The molecule has 0 saturated heterocycles. The molecular formula is C42H24N4O2. The van der Waals surface area contributed by atoms with Crippen molar-refractivity contribution in [2.45, 2.75) is 0 Å². The number of pyridine rings is 1. The van der Waals surface area contributed by atoms with Crippen molar-refractivity contribution in [1.82, 2.24) is 19.9 Å². The zero-order valence-corrected chi connectivity index (χ0v) is 25.5. The highest BCUT2D eigenvalue weighted by atomic mass is 16.3. The Balaban J connectivity index is 1.18. The Kier molecular flexibility index (Phi) is 5.77. The third kappa shape index (κ3) is 4.20. The standard InChI is InChI=1S/C42H24N4O2/c1-2-11-25(12-3-1)40-44-41(46-42(45-40)31-18-10-21-34-37(31)30-16-5-7-20-33(30)47-34)28-15-8-14-26(23-28)29-17-9-22-35-38(29)39-36(48-35)24-27-13-4-6-19-32(27)43-39/h1-24H. The molecule has 4 heterocycles. The van der Waals surface area contributed by atoms with E-state index in [1.165, 1.54) is 0 Å². The van der Waals surface area contributed by atoms with Gasteiger partial charge in [0.05, 0.1) is 10.9 Å². The van der Waals surface area contributed by atoms with E-state index in [2.05, 4.69) is 42.5 Å². The van der Waals surface area contributed by atoms with Crippen LogP contribution in [0.5, 0.6) is 0 Å². The van der Waals surface area contributed by atoms with Gasteiger partial charge in [-0.15, -0.1) is 0 Å². The molecule has 10 rings (SSSR count). The van der Waals surface area contributed by atoms with Crippen LogP contribution in [0.4, 0.5) is 0 Å². The van der Waals surface area contributed by atoms with Crippen LogP contribution in [0.25, 0.3) is 100 Å². The molecule has 0 unspecified atom stereocenters. The monoisotopic (exact) mass is 616 g/mol. The van der Waals surface area contributed by atoms with Crippen LogP contribution in [-0.2, 0) is 0 Å². The van der Waals surface area contributed by atoms with Crippen LogP contribution >= 0.6 is 0 Å². The summed E-state index contributed by atoms with van der Waals surface area (Å²) in [7, 11) is 0. The topological polar surface area (TPSA) is 77.8 Å². The molecule has 6 heteroatoms. The first-order chi connectivity index (χ1) is 23.8. The van der Waals surface area contributed by atoms with E-state index >= 15 is 0 Å². The molecule has 0 saturated carbocycles. The summed E-state index contributed by atoms with van der Waals surface area (Å²) in [6.45, 7) is 0. The predicted molar refractivity (Wildman–Crippen MR) is 191 cm³/mol. The van der Waals surface area contributed by atoms with Crippen LogP contribution in [0.3, 0.4) is 0 Å². The fourth-order valence-electron chi connectivity index (χ4n) is 6.70. The van der Waals surface area contributed by atoms with E-state index in [1.807, 2.05) is 103 Å². The molecule has 6 nitrogen and oxygen atoms in total. The maximum Gasteiger partial charge on any atom is 0.164 e. The fourth-order valence-corrected chi connectivity index (χ4v) is 6.70. The van der Waals surface area contributed by atoms with Gasteiger partial charge in [-0.3, -0.25) is 0 Å². The molecule has 48 heavy (non-hydrogen) atoms. The van der Waals surface area contributed by atoms with Crippen molar-refractivity contribution in [3.05, 3.63) is 146 Å². The van der Waals surface area contributed by atoms with Gasteiger partial charge in [0, 0.05) is 32.8 Å². The number of aromatic nitrogens is 4. The highest BCUT2D eigenvalue weighted by Crippen LogP contribution is 2.39. The summed E-state index contributed by atoms with van der Waals surface area (Å²) >= 11 is 0. The first-order valence-electron chi connectivity index (χ1n) is 15.8. The second-order valence-electron chi connectivity index (χ2n) is 11.8. The Labute approximate surface area is 274 Å². The number of para-hydroxylation sites is 2. The van der Waals surface area contributed by atoms with Gasteiger partial charge in [-0.25, -0.2) is 19.9 Å². The molecule has 0 N–H and O–H groups in total. The van der Waals surface area contributed by atoms with E-state index in [4.69, 9.17) is 28.8 Å². The van der Waals surface area contributed by atoms with Crippen molar-refractivity contribution < 1.29 is 8.83 Å². The molecular weight excluding hydrogens is 592 g/mol. The summed E-state index contributed by atoms with van der Waals surface area (Å²) in [5.41, 5.74) is 9.69. The maximum absolute atomic E-state index is 6.32. The lowest BCUT2D eigenvalue weighted by Crippen LogP contribution is -2.00. The number of furan rings is 2. The first kappa shape index (κ1) is 26.5. The number of rotatable bonds is 4. The van der Waals surface area contributed by atoms with Crippen LogP contribution in [-0.4, -0.2) is 19.9 Å². The maximum atomic E-state index is 6.32. The summed E-state index contributed by atoms with van der Waals surface area (Å²) < 4.78 is 12.5. The van der Waals surface area contributed by atoms with Crippen LogP contribution in [0, 0.1) is 0 Å². The van der Waals surface area contributed by atoms with Crippen molar-refractivity contribution in [2.75, 3.05) is 0 Å². The summed E-state index contributed by atoms with van der Waals surface area (Å²) in [6.07, 6.45) is 0. The van der Waals surface area contributed by atoms with Crippen molar-refractivity contribution >= 4 is 54.9 Å². The quantitative estimate of drug-likeness (QED) is 0.196. The SMILES string of the molecule is c1ccc(-c2nc(-c3cccc(-c4cccc5oc6cc7ccccc7nc6c45)c3)nc(-c3cccc4oc5ccccc5c34)n2)cc1. The zero-order valence-electron chi connectivity index (χ0n) is 25.5. The molecule has 0 bridgehead atoms. The lowest BCUT2D eigenvalue weighted by atomic mass is 9.98. The minimum Gasteiger partial charge on any atom is -0.456 e. The molecule has 6 aromatic carbocycles. The Morgan fingerprint density at radius 1 is 0.375 bits per heavy atom. The summed E-state index contributed by atoms with van der Waals surface area (Å²) in [5.74, 6) is 1.77. The van der Waals surface area contributed by atoms with Gasteiger partial charge < -0.3 is 8.83 Å². The normalized spacial score (nSPS) is 11.8. The fraction of sp³-hybridized carbons (Fsp3) is 0. The third-order valence-electron chi connectivity index (χ3n) is 8.91. The zero-order chi connectivity index (χ0) is 31.6. The Hall–Kier alpha value is -6.66. The van der Waals surface area contributed by atoms with Gasteiger partial charge in [-0.1, -0.05) is 109 Å². The number of fused-ring (bicyclic) bond motifs is 7. The summed E-state index contributed by atoms with van der Waals surface area (Å²) in [5, 5.41) is 4.04. The molecule has 0 atom stereocenters. The van der Waals surface area contributed by atoms with Gasteiger partial charge in [0.1, 0.15) is 22.3 Å². The van der Waals surface area contributed by atoms with Gasteiger partial charge >= 0.3 is 0 Å². The van der Waals surface area contributed by atoms with Gasteiger partial charge in [-0.2, -0.15) is 0 Å². The number of nitrogens with zero attached hydrogens (tertiary/aromatic N) is 4. The second-order valence-corrected chi connectivity index (χ2v) is 11.8. The smallest absolute Gasteiger partial charge is 0.164 e. The third-order valence-corrected chi connectivity index (χ3v) is 8.91. The number of hydrogen-bond donors (Lipinski definition) is 0. The van der Waals surface area contributed by atoms with Crippen LogP contribution in [0.1, 0.15) is 0 Å². The first-order valence-corrected chi connectivity index (χ1v) is 15.8. The number of hydrogen-bond acceptors (Lipinski definition) is 6. The minimum atomic E-state index is 0.582. The highest BCUT2D eigenvalue weighted by molar-refractivity contribution is 6.13. The van der Waals surface area contributed by atoms with Gasteiger partial charge in [0.25, 0.3) is 0 Å². The second kappa shape index (κ2) is 10.4. The van der Waals surface area contributed by atoms with Gasteiger partial charge in [0.15, 0.2) is 23.1 Å². The molecule has 0 aliphatic rings. The molecule has 224 valence electrons. The van der Waals surface area contributed by atoms with Crippen LogP contribution in [0.2, 0.25) is 0 Å². The van der Waals surface area contributed by atoms with E-state index in [9.17, 15) is 0 Å². The lowest BCUT2D eigenvalue weighted by Gasteiger charge is -2.10. The molecule has 0 aliphatic carbocycles. The molecule has 0 amide bonds. The molecule has 4 aromatic heterocycles. The Morgan fingerprint density at radius 2 is 1.00 bits per heavy atom. The number of benzene rings is 6. The molecule has 0 aliphatic heterocycles. The summed E-state index contributed by atoms with van der Waals surface area (Å²) in [4.78, 5) is 20.2. The van der Waals surface area contributed by atoms with Crippen molar-refractivity contribution in [3.63, 3.8) is 0 Å². The van der Waals surface area contributed by atoms with E-state index in [0.717, 1.165) is 82.7 Å². The molecule has 0 fully saturated rings. The van der Waals surface area contributed by atoms with Crippen molar-refractivity contribution in [1.29, 1.82) is 0 Å². The van der Waals surface area contributed by atoms with Crippen LogP contribution in [0.15, 0.2) is 154 Å². The van der Waals surface area contributed by atoms with Gasteiger partial charge in [0.2, 0.25) is 0 Å². The lowest BCUT2D eigenvalue weighted by molar-refractivity contribution is 0.668. The minimum absolute atomic E-state index is 0.582. The highest BCUT2D eigenvalue weighted by Gasteiger charge is 2.19. The van der Waals surface area contributed by atoms with E-state index < -0.39 is 0 Å².